The van der Waals surface area contributed by atoms with Crippen LogP contribution < -0.4 is 4.90 Å². The minimum atomic E-state index is 1.14. The molecule has 3 heteroatoms. The average Bonchev–Trinajstić information content (AvgIpc) is 3.76. The molecule has 54 heavy (non-hydrogen) atoms. The van der Waals surface area contributed by atoms with Crippen LogP contribution in [0.25, 0.3) is 69.9 Å². The summed E-state index contributed by atoms with van der Waals surface area (Å²) in [5.41, 5.74) is 15.7. The molecule has 10 rings (SSSR count). The Balaban J connectivity index is 1.27. The van der Waals surface area contributed by atoms with Crippen molar-refractivity contribution in [2.45, 2.75) is 20.8 Å². The van der Waals surface area contributed by atoms with Crippen molar-refractivity contribution in [2.75, 3.05) is 4.90 Å². The lowest BCUT2D eigenvalue weighted by Gasteiger charge is -2.29. The van der Waals surface area contributed by atoms with E-state index in [1.54, 1.807) is 0 Å². The second-order valence-electron chi connectivity index (χ2n) is 14.3. The van der Waals surface area contributed by atoms with Gasteiger partial charge in [-0.3, -0.25) is 0 Å². The van der Waals surface area contributed by atoms with Crippen molar-refractivity contribution in [3.63, 3.8) is 0 Å². The third-order valence-corrected chi connectivity index (χ3v) is 12.1. The maximum atomic E-state index is 2.47. The van der Waals surface area contributed by atoms with E-state index in [2.05, 4.69) is 206 Å². The lowest BCUT2D eigenvalue weighted by molar-refractivity contribution is 1.18. The highest BCUT2D eigenvalue weighted by atomic mass is 32.1. The number of benzene rings is 8. The number of rotatable bonds is 6. The van der Waals surface area contributed by atoms with Crippen molar-refractivity contribution in [1.82, 2.24) is 4.57 Å². The van der Waals surface area contributed by atoms with Gasteiger partial charge in [0.1, 0.15) is 0 Å². The number of nitrogens with zero attached hydrogens (tertiary/aromatic N) is 2. The minimum absolute atomic E-state index is 1.14. The van der Waals surface area contributed by atoms with E-state index in [1.807, 2.05) is 11.3 Å². The Morgan fingerprint density at radius 3 is 1.81 bits per heavy atom. The molecule has 0 aliphatic heterocycles. The third kappa shape index (κ3) is 5.23. The highest BCUT2D eigenvalue weighted by Gasteiger charge is 2.23. The monoisotopic (exact) mass is 710 g/mol. The van der Waals surface area contributed by atoms with Gasteiger partial charge in [-0.2, -0.15) is 0 Å². The van der Waals surface area contributed by atoms with Crippen LogP contribution in [-0.2, 0) is 0 Å². The predicted molar refractivity (Wildman–Crippen MR) is 233 cm³/mol. The zero-order valence-corrected chi connectivity index (χ0v) is 31.4. The van der Waals surface area contributed by atoms with E-state index in [9.17, 15) is 0 Å². The van der Waals surface area contributed by atoms with Gasteiger partial charge < -0.3 is 9.47 Å². The van der Waals surface area contributed by atoms with E-state index < -0.39 is 0 Å². The smallest absolute Gasteiger partial charge is 0.0541 e. The highest BCUT2D eigenvalue weighted by Crippen LogP contribution is 2.48. The number of hydrogen-bond acceptors (Lipinski definition) is 2. The lowest BCUT2D eigenvalue weighted by Crippen LogP contribution is -2.12. The lowest BCUT2D eigenvalue weighted by atomic mass is 9.95. The molecule has 10 aromatic rings. The standard InChI is InChI=1S/C51H38N2S/c1-33-25-27-37(28-26-33)52(49-30-34(2)43(29-35(49)3)36-15-5-4-6-16-36)38-31-44(51-45(32-38)42-20-10-14-24-50(42)54-51)41-19-9-13-23-48(41)53-46-21-11-7-17-39(46)40-18-8-12-22-47(40)53/h4-32H,1-3H3. The van der Waals surface area contributed by atoms with Gasteiger partial charge in [-0.25, -0.2) is 0 Å². The molecule has 0 bridgehead atoms. The molecule has 0 saturated heterocycles. The van der Waals surface area contributed by atoms with Crippen LogP contribution in [0.2, 0.25) is 0 Å². The fraction of sp³-hybridized carbons (Fsp3) is 0.0588. The number of para-hydroxylation sites is 3. The Kier molecular flexibility index (Phi) is 7.71. The van der Waals surface area contributed by atoms with Crippen molar-refractivity contribution in [3.8, 4) is 27.9 Å². The van der Waals surface area contributed by atoms with Crippen molar-refractivity contribution >= 4 is 70.4 Å². The molecule has 2 nitrogen and oxygen atoms in total. The molecular weight excluding hydrogens is 673 g/mol. The zero-order chi connectivity index (χ0) is 36.3. The topological polar surface area (TPSA) is 8.17 Å². The number of fused-ring (bicyclic) bond motifs is 6. The summed E-state index contributed by atoms with van der Waals surface area (Å²) in [7, 11) is 0. The Hall–Kier alpha value is -6.42. The first-order valence-corrected chi connectivity index (χ1v) is 19.4. The molecule has 0 radical (unpaired) electrons. The van der Waals surface area contributed by atoms with Crippen LogP contribution in [0.5, 0.6) is 0 Å². The predicted octanol–water partition coefficient (Wildman–Crippen LogP) is 14.9. The number of anilines is 3. The summed E-state index contributed by atoms with van der Waals surface area (Å²) in [6, 6.07) is 64.7. The molecule has 0 saturated carbocycles. The fourth-order valence-electron chi connectivity index (χ4n) is 8.31. The molecule has 0 unspecified atom stereocenters. The van der Waals surface area contributed by atoms with Gasteiger partial charge in [0.2, 0.25) is 0 Å². The van der Waals surface area contributed by atoms with Crippen molar-refractivity contribution in [3.05, 3.63) is 193 Å². The van der Waals surface area contributed by atoms with Gasteiger partial charge in [0.05, 0.1) is 16.7 Å². The first kappa shape index (κ1) is 32.2. The molecule has 2 heterocycles. The number of thiophene rings is 1. The van der Waals surface area contributed by atoms with E-state index in [4.69, 9.17) is 0 Å². The van der Waals surface area contributed by atoms with Gasteiger partial charge in [-0.1, -0.05) is 121 Å². The summed E-state index contributed by atoms with van der Waals surface area (Å²) in [6.07, 6.45) is 0. The molecule has 0 atom stereocenters. The van der Waals surface area contributed by atoms with Crippen molar-refractivity contribution < 1.29 is 0 Å². The average molecular weight is 711 g/mol. The van der Waals surface area contributed by atoms with E-state index in [0.717, 1.165) is 11.4 Å². The number of hydrogen-bond donors (Lipinski definition) is 0. The molecule has 0 spiro atoms. The van der Waals surface area contributed by atoms with Crippen molar-refractivity contribution in [1.29, 1.82) is 0 Å². The Morgan fingerprint density at radius 1 is 0.444 bits per heavy atom. The summed E-state index contributed by atoms with van der Waals surface area (Å²) >= 11 is 1.89. The van der Waals surface area contributed by atoms with Crippen molar-refractivity contribution in [2.24, 2.45) is 0 Å². The Labute approximate surface area is 319 Å². The first-order valence-electron chi connectivity index (χ1n) is 18.6. The van der Waals surface area contributed by atoms with E-state index in [1.165, 1.54) is 92.3 Å². The van der Waals surface area contributed by atoms with Crippen LogP contribution in [0.4, 0.5) is 17.1 Å². The largest absolute Gasteiger partial charge is 0.310 e. The molecule has 0 aliphatic carbocycles. The Morgan fingerprint density at radius 2 is 1.07 bits per heavy atom. The zero-order valence-electron chi connectivity index (χ0n) is 30.5. The second kappa shape index (κ2) is 12.9. The third-order valence-electron chi connectivity index (χ3n) is 10.9. The first-order chi connectivity index (χ1) is 26.5. The molecule has 258 valence electrons. The molecule has 2 aromatic heterocycles. The second-order valence-corrected chi connectivity index (χ2v) is 15.4. The summed E-state index contributed by atoms with van der Waals surface area (Å²) in [6.45, 7) is 6.65. The van der Waals surface area contributed by atoms with E-state index in [-0.39, 0.29) is 0 Å². The molecular formula is C51H38N2S. The Bertz CT molecular complexity index is 2970. The van der Waals surface area contributed by atoms with Crippen LogP contribution in [0.3, 0.4) is 0 Å². The molecule has 0 fully saturated rings. The SMILES string of the molecule is Cc1ccc(N(c2cc(-c3ccccc3-n3c4ccccc4c4ccccc43)c3sc4ccccc4c3c2)c2cc(C)c(-c3ccccc3)cc2C)cc1. The minimum Gasteiger partial charge on any atom is -0.310 e. The van der Waals surface area contributed by atoms with Crippen LogP contribution in [-0.4, -0.2) is 4.57 Å². The van der Waals surface area contributed by atoms with E-state index >= 15 is 0 Å². The summed E-state index contributed by atoms with van der Waals surface area (Å²) in [5, 5.41) is 5.08. The highest BCUT2D eigenvalue weighted by molar-refractivity contribution is 7.26. The normalized spacial score (nSPS) is 11.6. The van der Waals surface area contributed by atoms with Gasteiger partial charge in [0, 0.05) is 59.1 Å². The molecule has 0 aliphatic rings. The fourth-order valence-corrected chi connectivity index (χ4v) is 9.52. The van der Waals surface area contributed by atoms with Crippen LogP contribution in [0.15, 0.2) is 176 Å². The van der Waals surface area contributed by atoms with Gasteiger partial charge in [0.15, 0.2) is 0 Å². The van der Waals surface area contributed by atoms with Crippen LogP contribution in [0.1, 0.15) is 16.7 Å². The maximum absolute atomic E-state index is 2.47. The van der Waals surface area contributed by atoms with Crippen LogP contribution >= 0.6 is 11.3 Å². The quantitative estimate of drug-likeness (QED) is 0.167. The molecule has 0 amide bonds. The van der Waals surface area contributed by atoms with Gasteiger partial charge in [0.25, 0.3) is 0 Å². The maximum Gasteiger partial charge on any atom is 0.0541 e. The van der Waals surface area contributed by atoms with Gasteiger partial charge in [-0.05, 0) is 104 Å². The van der Waals surface area contributed by atoms with Gasteiger partial charge >= 0.3 is 0 Å². The summed E-state index contributed by atoms with van der Waals surface area (Å²) in [5.74, 6) is 0. The molecule has 8 aromatic carbocycles. The van der Waals surface area contributed by atoms with Gasteiger partial charge in [-0.15, -0.1) is 11.3 Å². The summed E-state index contributed by atoms with van der Waals surface area (Å²) in [4.78, 5) is 2.47. The number of aromatic nitrogens is 1. The van der Waals surface area contributed by atoms with E-state index in [0.29, 0.717) is 0 Å². The molecule has 0 N–H and O–H groups in total. The van der Waals surface area contributed by atoms with Crippen LogP contribution in [0, 0.1) is 20.8 Å². The summed E-state index contributed by atoms with van der Waals surface area (Å²) < 4.78 is 5.05. The number of aryl methyl sites for hydroxylation is 3.